The van der Waals surface area contributed by atoms with Crippen molar-refractivity contribution in [1.29, 1.82) is 0 Å². The van der Waals surface area contributed by atoms with Gasteiger partial charge in [-0.25, -0.2) is 0 Å². The smallest absolute Gasteiger partial charge is 0.320 e. The largest absolute Gasteiger partial charge is 0.480 e. The number of carbonyl (C=O) groups excluding carboxylic acids is 1. The van der Waals surface area contributed by atoms with Gasteiger partial charge in [0.15, 0.2) is 0 Å². The number of nitrogens with zero attached hydrogens (tertiary/aromatic N) is 3. The Bertz CT molecular complexity index is 666. The van der Waals surface area contributed by atoms with Crippen LogP contribution in [0.1, 0.15) is 29.6 Å². The quantitative estimate of drug-likeness (QED) is 0.904. The number of carboxylic acids is 1. The molecule has 1 spiro atoms. The van der Waals surface area contributed by atoms with E-state index >= 15 is 0 Å². The third kappa shape index (κ3) is 3.49. The molecule has 0 radical (unpaired) electrons. The number of piperidine rings is 1. The highest BCUT2D eigenvalue weighted by Crippen LogP contribution is 2.43. The molecule has 25 heavy (non-hydrogen) atoms. The van der Waals surface area contributed by atoms with Crippen molar-refractivity contribution < 1.29 is 14.7 Å². The van der Waals surface area contributed by atoms with Crippen LogP contribution in [-0.2, 0) is 4.79 Å². The summed E-state index contributed by atoms with van der Waals surface area (Å²) in [5.74, 6) is -0.668. The van der Waals surface area contributed by atoms with Crippen LogP contribution >= 0.6 is 0 Å². The van der Waals surface area contributed by atoms with Crippen molar-refractivity contribution in [3.8, 4) is 0 Å². The van der Waals surface area contributed by atoms with Crippen molar-refractivity contribution in [1.82, 2.24) is 9.80 Å². The average Bonchev–Trinajstić information content (AvgIpc) is 2.91. The SMILES string of the molecule is CN(C)c1cccc(C(=O)N2CCC3(CC2)C[C@@H](C(=O)O)N(C)C3)c1. The zero-order valence-corrected chi connectivity index (χ0v) is 15.2. The summed E-state index contributed by atoms with van der Waals surface area (Å²) in [6.45, 7) is 2.21. The van der Waals surface area contributed by atoms with Gasteiger partial charge in [0.05, 0.1) is 0 Å². The van der Waals surface area contributed by atoms with Crippen LogP contribution in [0, 0.1) is 5.41 Å². The summed E-state index contributed by atoms with van der Waals surface area (Å²) in [7, 11) is 5.81. The number of hydrogen-bond donors (Lipinski definition) is 1. The van der Waals surface area contributed by atoms with E-state index in [9.17, 15) is 14.7 Å². The molecule has 2 saturated heterocycles. The van der Waals surface area contributed by atoms with Gasteiger partial charge in [-0.2, -0.15) is 0 Å². The van der Waals surface area contributed by atoms with Crippen LogP contribution in [0.2, 0.25) is 0 Å². The second kappa shape index (κ2) is 6.67. The number of amides is 1. The zero-order valence-electron chi connectivity index (χ0n) is 15.2. The first-order valence-corrected chi connectivity index (χ1v) is 8.81. The van der Waals surface area contributed by atoms with E-state index in [0.29, 0.717) is 25.1 Å². The number of rotatable bonds is 3. The molecule has 1 aromatic rings. The molecule has 1 atom stereocenters. The second-order valence-electron chi connectivity index (χ2n) is 7.71. The van der Waals surface area contributed by atoms with Gasteiger partial charge in [0.2, 0.25) is 0 Å². The molecular formula is C19H27N3O3. The van der Waals surface area contributed by atoms with Crippen LogP contribution in [0.4, 0.5) is 5.69 Å². The lowest BCUT2D eigenvalue weighted by Gasteiger charge is -2.39. The maximum absolute atomic E-state index is 12.8. The molecule has 6 heteroatoms. The fourth-order valence-electron chi connectivity index (χ4n) is 4.19. The molecule has 6 nitrogen and oxygen atoms in total. The van der Waals surface area contributed by atoms with E-state index in [1.54, 1.807) is 0 Å². The minimum absolute atomic E-state index is 0.0417. The summed E-state index contributed by atoms with van der Waals surface area (Å²) in [4.78, 5) is 30.0. The monoisotopic (exact) mass is 345 g/mol. The molecule has 0 aliphatic carbocycles. The van der Waals surface area contributed by atoms with Crippen molar-refractivity contribution in [3.05, 3.63) is 29.8 Å². The van der Waals surface area contributed by atoms with Gasteiger partial charge < -0.3 is 14.9 Å². The standard InChI is InChI=1S/C19H27N3O3/c1-20(2)15-6-4-5-14(11-15)17(23)22-9-7-19(8-10-22)12-16(18(24)25)21(3)13-19/h4-6,11,16H,7-10,12-13H2,1-3H3,(H,24,25)/t16-/m0/s1. The van der Waals surface area contributed by atoms with E-state index in [1.807, 2.05) is 60.1 Å². The van der Waals surface area contributed by atoms with Crippen LogP contribution in [-0.4, -0.2) is 73.6 Å². The minimum Gasteiger partial charge on any atom is -0.480 e. The van der Waals surface area contributed by atoms with Crippen LogP contribution in [0.5, 0.6) is 0 Å². The molecule has 0 saturated carbocycles. The lowest BCUT2D eigenvalue weighted by atomic mass is 9.76. The third-order valence-corrected chi connectivity index (χ3v) is 5.75. The van der Waals surface area contributed by atoms with Gasteiger partial charge in [-0.15, -0.1) is 0 Å². The van der Waals surface area contributed by atoms with Crippen molar-refractivity contribution in [3.63, 3.8) is 0 Å². The number of aliphatic carboxylic acids is 1. The fourth-order valence-corrected chi connectivity index (χ4v) is 4.19. The number of carbonyl (C=O) groups is 2. The number of likely N-dealkylation sites (N-methyl/N-ethyl adjacent to an activating group) is 1. The lowest BCUT2D eigenvalue weighted by molar-refractivity contribution is -0.141. The maximum atomic E-state index is 12.8. The van der Waals surface area contributed by atoms with Crippen LogP contribution in [0.3, 0.4) is 0 Å². The Balaban J connectivity index is 1.66. The van der Waals surface area contributed by atoms with E-state index in [2.05, 4.69) is 0 Å². The highest BCUT2D eigenvalue weighted by molar-refractivity contribution is 5.95. The lowest BCUT2D eigenvalue weighted by Crippen LogP contribution is -2.44. The summed E-state index contributed by atoms with van der Waals surface area (Å²) in [6.07, 6.45) is 2.44. The molecule has 3 rings (SSSR count). The Labute approximate surface area is 149 Å². The number of hydrogen-bond acceptors (Lipinski definition) is 4. The molecule has 2 aliphatic heterocycles. The molecule has 2 fully saturated rings. The summed E-state index contributed by atoms with van der Waals surface area (Å²) < 4.78 is 0. The normalized spacial score (nSPS) is 23.0. The molecule has 1 aromatic carbocycles. The van der Waals surface area contributed by atoms with E-state index < -0.39 is 5.97 Å². The van der Waals surface area contributed by atoms with Gasteiger partial charge in [-0.05, 0) is 49.9 Å². The van der Waals surface area contributed by atoms with E-state index in [0.717, 1.165) is 25.1 Å². The molecular weight excluding hydrogens is 318 g/mol. The van der Waals surface area contributed by atoms with Gasteiger partial charge in [0.25, 0.3) is 5.91 Å². The summed E-state index contributed by atoms with van der Waals surface area (Å²) in [5.41, 5.74) is 1.77. The molecule has 0 unspecified atom stereocenters. The zero-order chi connectivity index (χ0) is 18.2. The van der Waals surface area contributed by atoms with Gasteiger partial charge in [0.1, 0.15) is 6.04 Å². The molecule has 0 bridgehead atoms. The van der Waals surface area contributed by atoms with Crippen molar-refractivity contribution in [2.45, 2.75) is 25.3 Å². The van der Waals surface area contributed by atoms with Gasteiger partial charge in [-0.1, -0.05) is 6.07 Å². The van der Waals surface area contributed by atoms with Crippen LogP contribution in [0.15, 0.2) is 24.3 Å². The van der Waals surface area contributed by atoms with Crippen LogP contribution < -0.4 is 4.90 Å². The number of likely N-dealkylation sites (tertiary alicyclic amines) is 2. The summed E-state index contributed by atoms with van der Waals surface area (Å²) in [5, 5.41) is 9.35. The Morgan fingerprint density at radius 3 is 2.48 bits per heavy atom. The van der Waals surface area contributed by atoms with E-state index in [-0.39, 0.29) is 17.4 Å². The summed E-state index contributed by atoms with van der Waals surface area (Å²) >= 11 is 0. The molecule has 136 valence electrons. The third-order valence-electron chi connectivity index (χ3n) is 5.75. The molecule has 0 aromatic heterocycles. The Kier molecular flexibility index (Phi) is 4.73. The van der Waals surface area contributed by atoms with Crippen molar-refractivity contribution in [2.75, 3.05) is 45.7 Å². The number of benzene rings is 1. The predicted octanol–water partition coefficient (Wildman–Crippen LogP) is 1.76. The van der Waals surface area contributed by atoms with Crippen LogP contribution in [0.25, 0.3) is 0 Å². The minimum atomic E-state index is -0.738. The average molecular weight is 345 g/mol. The Morgan fingerprint density at radius 2 is 1.92 bits per heavy atom. The van der Waals surface area contributed by atoms with Gasteiger partial charge in [-0.3, -0.25) is 14.5 Å². The van der Waals surface area contributed by atoms with Gasteiger partial charge in [0, 0.05) is 45.0 Å². The first kappa shape index (κ1) is 17.7. The fraction of sp³-hybridized carbons (Fsp3) is 0.579. The number of carboxylic acid groups (broad SMARTS) is 1. The van der Waals surface area contributed by atoms with E-state index in [4.69, 9.17) is 0 Å². The highest BCUT2D eigenvalue weighted by Gasteiger charge is 2.47. The molecule has 1 N–H and O–H groups in total. The van der Waals surface area contributed by atoms with E-state index in [1.165, 1.54) is 0 Å². The van der Waals surface area contributed by atoms with Gasteiger partial charge >= 0.3 is 5.97 Å². The highest BCUT2D eigenvalue weighted by atomic mass is 16.4. The van der Waals surface area contributed by atoms with Crippen molar-refractivity contribution >= 4 is 17.6 Å². The molecule has 2 heterocycles. The number of anilines is 1. The molecule has 2 aliphatic rings. The molecule has 1 amide bonds. The predicted molar refractivity (Wildman–Crippen MR) is 97.0 cm³/mol. The van der Waals surface area contributed by atoms with Crippen molar-refractivity contribution in [2.24, 2.45) is 5.41 Å². The summed E-state index contributed by atoms with van der Waals surface area (Å²) in [6, 6.07) is 7.30. The topological polar surface area (TPSA) is 64.1 Å². The Morgan fingerprint density at radius 1 is 1.24 bits per heavy atom. The maximum Gasteiger partial charge on any atom is 0.320 e. The second-order valence-corrected chi connectivity index (χ2v) is 7.71. The Hall–Kier alpha value is -2.08. The first-order chi connectivity index (χ1) is 11.8. The first-order valence-electron chi connectivity index (χ1n) is 8.81.